The van der Waals surface area contributed by atoms with Crippen molar-refractivity contribution in [3.05, 3.63) is 54.1 Å². The fraction of sp³-hybridized carbons (Fsp3) is 0. The maximum atomic E-state index is 11.6. The number of hydrogen-bond donors (Lipinski definition) is 4. The third-order valence-electron chi connectivity index (χ3n) is 2.86. The van der Waals surface area contributed by atoms with Gasteiger partial charge in [0.25, 0.3) is 0 Å². The van der Waals surface area contributed by atoms with E-state index < -0.39 is 16.0 Å². The number of benzene rings is 2. The lowest BCUT2D eigenvalue weighted by molar-refractivity contribution is -0.134. The normalized spacial score (nSPS) is 11.4. The van der Waals surface area contributed by atoms with Crippen molar-refractivity contribution in [2.75, 3.05) is 5.48 Å². The first-order valence-electron chi connectivity index (χ1n) is 6.55. The molecule has 8 nitrogen and oxygen atoms in total. The van der Waals surface area contributed by atoms with Gasteiger partial charge in [-0.3, -0.25) is 0 Å². The van der Waals surface area contributed by atoms with Crippen molar-refractivity contribution >= 4 is 27.8 Å². The first kappa shape index (κ1) is 17.3. The van der Waals surface area contributed by atoms with Crippen LogP contribution in [0.4, 0.5) is 5.69 Å². The average Bonchev–Trinajstić information content (AvgIpc) is 2.53. The van der Waals surface area contributed by atoms with Crippen LogP contribution in [0.2, 0.25) is 0 Å². The minimum Gasteiger partial charge on any atom is -0.504 e. The Balaban J connectivity index is 1.93. The zero-order valence-electron chi connectivity index (χ0n) is 12.2. The Morgan fingerprint density at radius 1 is 1.08 bits per heavy atom. The molecule has 0 radical (unpaired) electrons. The van der Waals surface area contributed by atoms with Crippen molar-refractivity contribution in [2.45, 2.75) is 4.90 Å². The Morgan fingerprint density at radius 2 is 1.75 bits per heavy atom. The molecule has 0 aliphatic rings. The second kappa shape index (κ2) is 7.02. The minimum atomic E-state index is -3.78. The van der Waals surface area contributed by atoms with Gasteiger partial charge in [-0.1, -0.05) is 6.07 Å². The predicted octanol–water partition coefficient (Wildman–Crippen LogP) is 1.33. The lowest BCUT2D eigenvalue weighted by Gasteiger charge is -2.05. The van der Waals surface area contributed by atoms with Gasteiger partial charge >= 0.3 is 5.97 Å². The summed E-state index contributed by atoms with van der Waals surface area (Å²) in [5.41, 5.74) is 3.19. The van der Waals surface area contributed by atoms with Crippen LogP contribution < -0.4 is 10.6 Å². The lowest BCUT2D eigenvalue weighted by Crippen LogP contribution is -2.12. The monoisotopic (exact) mass is 350 g/mol. The first-order chi connectivity index (χ1) is 11.3. The van der Waals surface area contributed by atoms with E-state index in [4.69, 9.17) is 9.98 Å². The van der Waals surface area contributed by atoms with Crippen LogP contribution in [-0.4, -0.2) is 24.6 Å². The number of primary sulfonamides is 1. The Bertz CT molecular complexity index is 875. The molecule has 24 heavy (non-hydrogen) atoms. The SMILES string of the molecule is NS(=O)(=O)c1ccc(NOC(=O)/C=C/c2ccc(O)c(O)c2)cc1. The highest BCUT2D eigenvalue weighted by molar-refractivity contribution is 7.89. The molecular formula is C15H14N2O6S. The molecular weight excluding hydrogens is 336 g/mol. The summed E-state index contributed by atoms with van der Waals surface area (Å²) in [5, 5.41) is 23.5. The van der Waals surface area contributed by atoms with Gasteiger partial charge in [0.05, 0.1) is 10.6 Å². The molecule has 0 aliphatic carbocycles. The zero-order valence-corrected chi connectivity index (χ0v) is 13.0. The van der Waals surface area contributed by atoms with E-state index in [0.717, 1.165) is 6.08 Å². The van der Waals surface area contributed by atoms with Crippen molar-refractivity contribution < 1.29 is 28.3 Å². The minimum absolute atomic E-state index is 0.0635. The molecule has 2 aromatic carbocycles. The van der Waals surface area contributed by atoms with Crippen LogP contribution in [0.15, 0.2) is 53.4 Å². The quantitative estimate of drug-likeness (QED) is 0.362. The van der Waals surface area contributed by atoms with Gasteiger partial charge < -0.3 is 15.1 Å². The first-order valence-corrected chi connectivity index (χ1v) is 8.10. The number of anilines is 1. The molecule has 5 N–H and O–H groups in total. The van der Waals surface area contributed by atoms with Crippen LogP contribution in [0.25, 0.3) is 6.08 Å². The van der Waals surface area contributed by atoms with Crippen LogP contribution in [0, 0.1) is 0 Å². The smallest absolute Gasteiger partial charge is 0.355 e. The summed E-state index contributed by atoms with van der Waals surface area (Å²) < 4.78 is 22.2. The van der Waals surface area contributed by atoms with Crippen molar-refractivity contribution in [3.63, 3.8) is 0 Å². The van der Waals surface area contributed by atoms with Crippen LogP contribution in [-0.2, 0) is 19.7 Å². The largest absolute Gasteiger partial charge is 0.504 e. The predicted molar refractivity (Wildman–Crippen MR) is 86.3 cm³/mol. The van der Waals surface area contributed by atoms with Crippen molar-refractivity contribution in [1.82, 2.24) is 0 Å². The van der Waals surface area contributed by atoms with E-state index in [1.54, 1.807) is 0 Å². The molecule has 126 valence electrons. The van der Waals surface area contributed by atoms with Gasteiger partial charge in [0.2, 0.25) is 10.0 Å². The summed E-state index contributed by atoms with van der Waals surface area (Å²) in [6.45, 7) is 0. The molecule has 2 aromatic rings. The fourth-order valence-electron chi connectivity index (χ4n) is 1.66. The molecule has 0 saturated heterocycles. The highest BCUT2D eigenvalue weighted by Crippen LogP contribution is 2.25. The van der Waals surface area contributed by atoms with E-state index in [2.05, 4.69) is 5.48 Å². The second-order valence-electron chi connectivity index (χ2n) is 4.67. The van der Waals surface area contributed by atoms with E-state index in [9.17, 15) is 23.4 Å². The van der Waals surface area contributed by atoms with Crippen molar-refractivity contribution in [3.8, 4) is 11.5 Å². The molecule has 0 atom stereocenters. The highest BCUT2D eigenvalue weighted by Gasteiger charge is 2.07. The summed E-state index contributed by atoms with van der Waals surface area (Å²) in [4.78, 5) is 16.3. The third kappa shape index (κ3) is 4.73. The van der Waals surface area contributed by atoms with Gasteiger partial charge in [-0.25, -0.2) is 23.8 Å². The number of aromatic hydroxyl groups is 2. The molecule has 0 spiro atoms. The maximum absolute atomic E-state index is 11.6. The Hall–Kier alpha value is -3.04. The number of nitrogens with two attached hydrogens (primary N) is 1. The maximum Gasteiger partial charge on any atom is 0.355 e. The number of nitrogens with one attached hydrogen (secondary N) is 1. The number of carbonyl (C=O) groups is 1. The molecule has 9 heteroatoms. The Kier molecular flexibility index (Phi) is 5.07. The topological polar surface area (TPSA) is 139 Å². The molecule has 0 unspecified atom stereocenters. The summed E-state index contributed by atoms with van der Waals surface area (Å²) in [5.74, 6) is -1.30. The van der Waals surface area contributed by atoms with Crippen LogP contribution in [0.3, 0.4) is 0 Å². The van der Waals surface area contributed by atoms with E-state index in [0.29, 0.717) is 11.3 Å². The Morgan fingerprint density at radius 3 is 2.33 bits per heavy atom. The van der Waals surface area contributed by atoms with Gasteiger partial charge in [-0.05, 0) is 48.0 Å². The number of rotatable bonds is 5. The molecule has 0 amide bonds. The fourth-order valence-corrected chi connectivity index (χ4v) is 2.18. The van der Waals surface area contributed by atoms with Gasteiger partial charge in [-0.15, -0.1) is 0 Å². The summed E-state index contributed by atoms with van der Waals surface area (Å²) in [7, 11) is -3.78. The molecule has 0 saturated carbocycles. The van der Waals surface area contributed by atoms with Crippen molar-refractivity contribution in [1.29, 1.82) is 0 Å². The zero-order chi connectivity index (χ0) is 17.7. The summed E-state index contributed by atoms with van der Waals surface area (Å²) in [6.07, 6.45) is 2.49. The molecule has 0 aromatic heterocycles. The van der Waals surface area contributed by atoms with Crippen LogP contribution >= 0.6 is 0 Å². The molecule has 0 heterocycles. The van der Waals surface area contributed by atoms with Gasteiger partial charge in [0, 0.05) is 6.08 Å². The Labute approximate surface area is 137 Å². The summed E-state index contributed by atoms with van der Waals surface area (Å²) in [6, 6.07) is 9.35. The van der Waals surface area contributed by atoms with E-state index >= 15 is 0 Å². The number of phenols is 2. The number of phenolic OH excluding ortho intramolecular Hbond substituents is 2. The van der Waals surface area contributed by atoms with E-state index in [-0.39, 0.29) is 16.4 Å². The number of hydrogen-bond acceptors (Lipinski definition) is 7. The average molecular weight is 350 g/mol. The van der Waals surface area contributed by atoms with Gasteiger partial charge in [0.15, 0.2) is 11.5 Å². The number of sulfonamides is 1. The van der Waals surface area contributed by atoms with E-state index in [1.165, 1.54) is 48.5 Å². The molecule has 2 rings (SSSR count). The van der Waals surface area contributed by atoms with Crippen molar-refractivity contribution in [2.24, 2.45) is 5.14 Å². The van der Waals surface area contributed by atoms with Gasteiger partial charge in [-0.2, -0.15) is 0 Å². The van der Waals surface area contributed by atoms with Crippen LogP contribution in [0.1, 0.15) is 5.56 Å². The summed E-state index contributed by atoms with van der Waals surface area (Å²) >= 11 is 0. The molecule has 0 bridgehead atoms. The van der Waals surface area contributed by atoms with Crippen LogP contribution in [0.5, 0.6) is 11.5 Å². The molecule has 0 fully saturated rings. The van der Waals surface area contributed by atoms with E-state index in [1.807, 2.05) is 0 Å². The van der Waals surface area contributed by atoms with Gasteiger partial charge in [0.1, 0.15) is 0 Å². The number of carbonyl (C=O) groups excluding carboxylic acids is 1. The second-order valence-corrected chi connectivity index (χ2v) is 6.24. The molecule has 0 aliphatic heterocycles. The lowest BCUT2D eigenvalue weighted by atomic mass is 10.2. The highest BCUT2D eigenvalue weighted by atomic mass is 32.2. The third-order valence-corrected chi connectivity index (χ3v) is 3.79. The standard InChI is InChI=1S/C15H14N2O6S/c16-24(21,22)12-5-3-11(4-6-12)17-23-15(20)8-2-10-1-7-13(18)14(19)9-10/h1-9,17-19H,(H2,16,21,22)/b8-2+.